The quantitative estimate of drug-likeness (QED) is 0.369. The second kappa shape index (κ2) is 12.9. The minimum Gasteiger partial charge on any atom is -0.495 e. The highest BCUT2D eigenvalue weighted by molar-refractivity contribution is 6.34. The first-order valence-electron chi connectivity index (χ1n) is 14.2. The van der Waals surface area contributed by atoms with E-state index in [1.165, 1.54) is 21.3 Å². The van der Waals surface area contributed by atoms with E-state index < -0.39 is 60.1 Å². The molecule has 0 aliphatic carbocycles. The summed E-state index contributed by atoms with van der Waals surface area (Å²) in [4.78, 5) is 26.6. The Labute approximate surface area is 256 Å². The number of epoxide rings is 1. The highest BCUT2D eigenvalue weighted by Crippen LogP contribution is 2.49. The second-order valence-corrected chi connectivity index (χ2v) is 12.0. The number of nitrogens with one attached hydrogen (secondary N) is 2. The van der Waals surface area contributed by atoms with Crippen molar-refractivity contribution in [3.63, 3.8) is 0 Å². The van der Waals surface area contributed by atoms with Gasteiger partial charge in [-0.15, -0.1) is 0 Å². The van der Waals surface area contributed by atoms with Crippen LogP contribution < -0.4 is 20.3 Å². The van der Waals surface area contributed by atoms with Gasteiger partial charge >= 0.3 is 12.2 Å². The molecule has 0 spiro atoms. The first-order chi connectivity index (χ1) is 20.3. The van der Waals surface area contributed by atoms with E-state index in [0.29, 0.717) is 22.9 Å². The maximum Gasteiger partial charge on any atom is 0.409 e. The zero-order valence-corrected chi connectivity index (χ0v) is 26.3. The molecule has 3 aliphatic heterocycles. The van der Waals surface area contributed by atoms with Crippen LogP contribution >= 0.6 is 11.6 Å². The minimum atomic E-state index is -1.76. The number of anilines is 1. The van der Waals surface area contributed by atoms with Gasteiger partial charge in [0.1, 0.15) is 40.9 Å². The molecule has 8 atom stereocenters. The summed E-state index contributed by atoms with van der Waals surface area (Å²) in [5, 5.41) is 28.3. The Kier molecular flexibility index (Phi) is 9.87. The number of methoxy groups -OCH3 is 2. The summed E-state index contributed by atoms with van der Waals surface area (Å²) in [7, 11) is 6.10. The molecule has 4 rings (SSSR count). The van der Waals surface area contributed by atoms with Crippen LogP contribution in [0.25, 0.3) is 0 Å². The highest BCUT2D eigenvalue weighted by atomic mass is 35.5. The lowest BCUT2D eigenvalue weighted by Crippen LogP contribution is -2.63. The van der Waals surface area contributed by atoms with Gasteiger partial charge in [-0.05, 0) is 38.0 Å². The molecular weight excluding hydrogens is 582 g/mol. The molecule has 4 bridgehead atoms. The van der Waals surface area contributed by atoms with Crippen molar-refractivity contribution in [3.8, 4) is 5.75 Å². The number of fused-ring (bicyclic) bond motifs is 5. The SMILES string of the molecule is CNC(=O)O[C@H]1CC(O)N(C)c2cc(cc(OC)c2Cl)C/C(C)=C/C=C/[C@@H](OC)[C@@]2(O)C[C@H](OC(=O)N2)[C@@H](C)[C@@H]2O[C@@]12C. The number of carbonyl (C=O) groups is 2. The van der Waals surface area contributed by atoms with E-state index in [1.54, 1.807) is 31.0 Å². The van der Waals surface area contributed by atoms with Crippen LogP contribution in [0.5, 0.6) is 5.75 Å². The average Bonchev–Trinajstić information content (AvgIpc) is 3.66. The number of carbonyl (C=O) groups excluding carboxylic acids is 2. The summed E-state index contributed by atoms with van der Waals surface area (Å²) >= 11 is 6.69. The first-order valence-corrected chi connectivity index (χ1v) is 14.6. The van der Waals surface area contributed by atoms with Crippen LogP contribution in [0.1, 0.15) is 39.2 Å². The Morgan fingerprint density at radius 1 is 1.30 bits per heavy atom. The Morgan fingerprint density at radius 3 is 2.67 bits per heavy atom. The molecule has 1 unspecified atom stereocenters. The molecule has 2 saturated heterocycles. The summed E-state index contributed by atoms with van der Waals surface area (Å²) in [5.74, 6) is 0.0195. The van der Waals surface area contributed by atoms with Gasteiger partial charge in [0.05, 0.1) is 18.9 Å². The predicted molar refractivity (Wildman–Crippen MR) is 159 cm³/mol. The molecule has 43 heavy (non-hydrogen) atoms. The number of aliphatic hydroxyl groups is 2. The molecule has 1 aromatic rings. The maximum absolute atomic E-state index is 12.6. The summed E-state index contributed by atoms with van der Waals surface area (Å²) < 4.78 is 28.6. The number of halogens is 1. The molecule has 4 N–H and O–H groups in total. The third kappa shape index (κ3) is 6.88. The molecule has 0 aromatic heterocycles. The van der Waals surface area contributed by atoms with Gasteiger partial charge in [0.15, 0.2) is 5.72 Å². The molecule has 3 heterocycles. The van der Waals surface area contributed by atoms with Crippen molar-refractivity contribution < 1.29 is 43.5 Å². The average molecular weight is 624 g/mol. The number of ether oxygens (including phenoxy) is 5. The van der Waals surface area contributed by atoms with Gasteiger partial charge in [0.2, 0.25) is 0 Å². The Morgan fingerprint density at radius 2 is 2.02 bits per heavy atom. The number of aliphatic hydroxyl groups excluding tert-OH is 1. The van der Waals surface area contributed by atoms with Gasteiger partial charge in [-0.2, -0.15) is 0 Å². The molecule has 0 saturated carbocycles. The zero-order valence-electron chi connectivity index (χ0n) is 25.5. The highest BCUT2D eigenvalue weighted by Gasteiger charge is 2.64. The van der Waals surface area contributed by atoms with Crippen molar-refractivity contribution in [2.45, 2.75) is 82.0 Å². The molecule has 2 amide bonds. The lowest BCUT2D eigenvalue weighted by Gasteiger charge is -2.42. The zero-order chi connectivity index (χ0) is 31.7. The summed E-state index contributed by atoms with van der Waals surface area (Å²) in [5.41, 5.74) is -0.409. The molecule has 3 aliphatic rings. The van der Waals surface area contributed by atoms with E-state index >= 15 is 0 Å². The Balaban J connectivity index is 1.79. The van der Waals surface area contributed by atoms with E-state index in [9.17, 15) is 19.8 Å². The minimum absolute atomic E-state index is 0.0118. The lowest BCUT2D eigenvalue weighted by molar-refractivity contribution is -0.142. The van der Waals surface area contributed by atoms with Gasteiger partial charge in [-0.25, -0.2) is 9.59 Å². The van der Waals surface area contributed by atoms with Crippen LogP contribution in [0.15, 0.2) is 35.9 Å². The van der Waals surface area contributed by atoms with Gasteiger partial charge in [-0.3, -0.25) is 5.32 Å². The van der Waals surface area contributed by atoms with Crippen LogP contribution in [-0.4, -0.2) is 92.7 Å². The number of alkyl carbamates (subject to hydrolysis) is 2. The van der Waals surface area contributed by atoms with E-state index in [2.05, 4.69) is 10.6 Å². The molecule has 12 nitrogen and oxygen atoms in total. The molecule has 238 valence electrons. The molecule has 13 heteroatoms. The molecule has 0 radical (unpaired) electrons. The van der Waals surface area contributed by atoms with Crippen molar-refractivity contribution in [2.24, 2.45) is 5.92 Å². The summed E-state index contributed by atoms with van der Waals surface area (Å²) in [6.07, 6.45) is 0.129. The smallest absolute Gasteiger partial charge is 0.409 e. The first kappa shape index (κ1) is 32.9. The Hall–Kier alpha value is -3.03. The van der Waals surface area contributed by atoms with Gasteiger partial charge in [-0.1, -0.05) is 42.3 Å². The third-order valence-electron chi connectivity index (χ3n) is 8.56. The van der Waals surface area contributed by atoms with E-state index in [0.717, 1.165) is 11.1 Å². The molecule has 1 aromatic carbocycles. The number of nitrogens with zero attached hydrogens (tertiary/aromatic N) is 1. The van der Waals surface area contributed by atoms with Crippen LogP contribution in [0.2, 0.25) is 5.02 Å². The largest absolute Gasteiger partial charge is 0.495 e. The number of hydrogen-bond donors (Lipinski definition) is 4. The van der Waals surface area contributed by atoms with Crippen LogP contribution in [0, 0.1) is 5.92 Å². The van der Waals surface area contributed by atoms with Crippen molar-refractivity contribution in [1.82, 2.24) is 10.6 Å². The second-order valence-electron chi connectivity index (χ2n) is 11.6. The predicted octanol–water partition coefficient (Wildman–Crippen LogP) is 3.27. The molecule has 2 fully saturated rings. The topological polar surface area (TPSA) is 151 Å². The normalized spacial score (nSPS) is 36.7. The third-order valence-corrected chi connectivity index (χ3v) is 8.94. The van der Waals surface area contributed by atoms with Crippen molar-refractivity contribution >= 4 is 29.5 Å². The van der Waals surface area contributed by atoms with Crippen LogP contribution in [0.3, 0.4) is 0 Å². The summed E-state index contributed by atoms with van der Waals surface area (Å²) in [6.45, 7) is 5.56. The lowest BCUT2D eigenvalue weighted by atomic mass is 9.83. The number of rotatable bonds is 3. The molecular formula is C30H42ClN3O9. The summed E-state index contributed by atoms with van der Waals surface area (Å²) in [6, 6.07) is 3.70. The standard InChI is InChI=1S/C30H42ClN3O9/c1-16-9-8-10-22(40-7)30(38)15-21(41-28(37)33-30)17(2)26-29(3,43-26)23(42-27(36)32-4)14-24(35)34(5)19-12-18(11-16)13-20(39-6)25(19)31/h8-10,12-13,17,21-24,26,35,38H,11,14-15H2,1-7H3,(H,32,36)(H,33,37)/b10-8+,16-9+/t17-,21+,22-,23+,24?,26+,29+,30+/m1/s1. The maximum atomic E-state index is 12.6. The fourth-order valence-corrected chi connectivity index (χ4v) is 6.24. The Bertz CT molecular complexity index is 1280. The van der Waals surface area contributed by atoms with E-state index in [4.69, 9.17) is 35.3 Å². The van der Waals surface area contributed by atoms with E-state index in [1.807, 2.05) is 32.1 Å². The fraction of sp³-hybridized carbons (Fsp3) is 0.600. The number of hydrogen-bond acceptors (Lipinski definition) is 10. The number of allylic oxidation sites excluding steroid dienone is 3. The van der Waals surface area contributed by atoms with Gasteiger partial charge in [0.25, 0.3) is 0 Å². The van der Waals surface area contributed by atoms with Crippen LogP contribution in [-0.2, 0) is 25.4 Å². The number of benzene rings is 1. The van der Waals surface area contributed by atoms with Crippen LogP contribution in [0.4, 0.5) is 15.3 Å². The van der Waals surface area contributed by atoms with Gasteiger partial charge < -0.3 is 44.1 Å². The fourth-order valence-electron chi connectivity index (χ4n) is 5.92. The van der Waals surface area contributed by atoms with Crippen molar-refractivity contribution in [3.05, 3.63) is 46.5 Å². The monoisotopic (exact) mass is 623 g/mol. The van der Waals surface area contributed by atoms with Crippen molar-refractivity contribution in [1.29, 1.82) is 0 Å². The van der Waals surface area contributed by atoms with Crippen molar-refractivity contribution in [2.75, 3.05) is 33.2 Å². The number of amides is 2. The van der Waals surface area contributed by atoms with E-state index in [-0.39, 0.29) is 12.8 Å². The van der Waals surface area contributed by atoms with Gasteiger partial charge in [0, 0.05) is 40.0 Å².